The lowest BCUT2D eigenvalue weighted by Crippen LogP contribution is -2.48. The maximum Gasteiger partial charge on any atom is 0.270 e. The van der Waals surface area contributed by atoms with E-state index in [9.17, 15) is 14.4 Å². The number of aryl methyl sites for hydroxylation is 1. The molecule has 3 amide bonds. The predicted octanol–water partition coefficient (Wildman–Crippen LogP) is 0.778. The smallest absolute Gasteiger partial charge is 0.270 e. The van der Waals surface area contributed by atoms with E-state index in [1.807, 2.05) is 19.1 Å². The summed E-state index contributed by atoms with van der Waals surface area (Å²) >= 11 is 0. The van der Waals surface area contributed by atoms with Crippen LogP contribution in [0, 0.1) is 12.3 Å². The highest BCUT2D eigenvalue weighted by Crippen LogP contribution is 2.28. The van der Waals surface area contributed by atoms with Crippen molar-refractivity contribution in [1.29, 1.82) is 5.41 Å². The summed E-state index contributed by atoms with van der Waals surface area (Å²) in [7, 11) is 0. The van der Waals surface area contributed by atoms with Crippen LogP contribution in [0.1, 0.15) is 39.5 Å². The number of primary amides is 1. The minimum Gasteiger partial charge on any atom is -0.483 e. The average Bonchev–Trinajstić information content (AvgIpc) is 3.12. The Kier molecular flexibility index (Phi) is 7.29. The third kappa shape index (κ3) is 5.29. The minimum absolute atomic E-state index is 0.0305. The van der Waals surface area contributed by atoms with Crippen LogP contribution in [0.25, 0.3) is 0 Å². The number of amides is 3. The fourth-order valence-corrected chi connectivity index (χ4v) is 3.58. The van der Waals surface area contributed by atoms with Gasteiger partial charge in [0.1, 0.15) is 11.6 Å². The number of benzene rings is 2. The fourth-order valence-electron chi connectivity index (χ4n) is 3.58. The summed E-state index contributed by atoms with van der Waals surface area (Å²) in [4.78, 5) is 38.5. The standard InChI is InChI=1S/C23H27N5O5/c1-3-32-23(28-11-17-13(2)5-4-6-16(17)22(28)31)21(30)27-10-15-8-7-14(20(25)26)9-18(15)33-12-19(24)29/h4-9,23H,3,10-12H2,1-2H3,(H2,24,29)(H3,25,26)(H,27,30). The molecule has 10 heteroatoms. The van der Waals surface area contributed by atoms with E-state index in [1.165, 1.54) is 11.0 Å². The van der Waals surface area contributed by atoms with Crippen LogP contribution >= 0.6 is 0 Å². The number of nitrogen functional groups attached to an aromatic ring is 1. The molecule has 174 valence electrons. The van der Waals surface area contributed by atoms with Crippen molar-refractivity contribution in [2.24, 2.45) is 11.5 Å². The molecule has 0 spiro atoms. The second kappa shape index (κ2) is 10.1. The van der Waals surface area contributed by atoms with Gasteiger partial charge in [-0.1, -0.05) is 24.3 Å². The van der Waals surface area contributed by atoms with Gasteiger partial charge in [-0.15, -0.1) is 0 Å². The Morgan fingerprint density at radius 1 is 1.24 bits per heavy atom. The molecule has 2 aromatic carbocycles. The van der Waals surface area contributed by atoms with Gasteiger partial charge >= 0.3 is 0 Å². The second-order valence-electron chi connectivity index (χ2n) is 7.55. The first-order valence-electron chi connectivity index (χ1n) is 10.4. The summed E-state index contributed by atoms with van der Waals surface area (Å²) in [5, 5.41) is 10.3. The Bertz CT molecular complexity index is 1100. The number of hydrogen-bond acceptors (Lipinski definition) is 6. The Morgan fingerprint density at radius 3 is 2.64 bits per heavy atom. The van der Waals surface area contributed by atoms with Gasteiger partial charge in [-0.05, 0) is 37.1 Å². The van der Waals surface area contributed by atoms with Crippen molar-refractivity contribution >= 4 is 23.6 Å². The maximum atomic E-state index is 13.0. The van der Waals surface area contributed by atoms with Crippen LogP contribution < -0.4 is 21.5 Å². The molecular formula is C23H27N5O5. The van der Waals surface area contributed by atoms with Crippen LogP contribution in [0.4, 0.5) is 0 Å². The van der Waals surface area contributed by atoms with Gasteiger partial charge in [0.15, 0.2) is 6.61 Å². The van der Waals surface area contributed by atoms with E-state index in [1.54, 1.807) is 25.1 Å². The number of nitrogens with two attached hydrogens (primary N) is 2. The van der Waals surface area contributed by atoms with Crippen molar-refractivity contribution in [1.82, 2.24) is 10.2 Å². The number of amidine groups is 1. The van der Waals surface area contributed by atoms with E-state index >= 15 is 0 Å². The number of rotatable bonds is 10. The lowest BCUT2D eigenvalue weighted by Gasteiger charge is -2.26. The average molecular weight is 453 g/mol. The Morgan fingerprint density at radius 2 is 2.00 bits per heavy atom. The number of carbonyl (C=O) groups excluding carboxylic acids is 3. The third-order valence-electron chi connectivity index (χ3n) is 5.26. The minimum atomic E-state index is -1.11. The quantitative estimate of drug-likeness (QED) is 0.307. The number of carbonyl (C=O) groups is 3. The largest absolute Gasteiger partial charge is 0.483 e. The van der Waals surface area contributed by atoms with Gasteiger partial charge in [0.2, 0.25) is 6.23 Å². The molecule has 1 aliphatic rings. The zero-order valence-electron chi connectivity index (χ0n) is 18.5. The lowest BCUT2D eigenvalue weighted by molar-refractivity contribution is -0.143. The van der Waals surface area contributed by atoms with Crippen LogP contribution in [0.3, 0.4) is 0 Å². The van der Waals surface area contributed by atoms with Crippen LogP contribution in [0.15, 0.2) is 36.4 Å². The molecule has 6 N–H and O–H groups in total. The molecule has 0 saturated heterocycles. The van der Waals surface area contributed by atoms with E-state index in [2.05, 4.69) is 5.32 Å². The molecule has 3 rings (SSSR count). The fraction of sp³-hybridized carbons (Fsp3) is 0.304. The van der Waals surface area contributed by atoms with Crippen molar-refractivity contribution in [3.05, 3.63) is 64.2 Å². The first-order valence-corrected chi connectivity index (χ1v) is 10.4. The summed E-state index contributed by atoms with van der Waals surface area (Å²) < 4.78 is 11.1. The molecule has 1 atom stereocenters. The molecule has 33 heavy (non-hydrogen) atoms. The Labute approximate surface area is 191 Å². The van der Waals surface area contributed by atoms with Gasteiger partial charge in [0.25, 0.3) is 17.7 Å². The van der Waals surface area contributed by atoms with Crippen LogP contribution in [-0.2, 0) is 27.4 Å². The third-order valence-corrected chi connectivity index (χ3v) is 5.26. The van der Waals surface area contributed by atoms with Crippen molar-refractivity contribution in [2.45, 2.75) is 33.2 Å². The molecule has 0 aliphatic carbocycles. The highest BCUT2D eigenvalue weighted by atomic mass is 16.5. The summed E-state index contributed by atoms with van der Waals surface area (Å²) in [5.74, 6) is -1.34. The molecular weight excluding hydrogens is 426 g/mol. The van der Waals surface area contributed by atoms with Crippen LogP contribution in [0.5, 0.6) is 5.75 Å². The van der Waals surface area contributed by atoms with E-state index in [0.29, 0.717) is 16.7 Å². The van der Waals surface area contributed by atoms with E-state index < -0.39 is 18.0 Å². The molecule has 1 aliphatic heterocycles. The zero-order chi connectivity index (χ0) is 24.1. The number of hydrogen-bond donors (Lipinski definition) is 4. The van der Waals surface area contributed by atoms with Gasteiger partial charge in [0.05, 0.1) is 6.54 Å². The maximum absolute atomic E-state index is 13.0. The normalized spacial score (nSPS) is 13.4. The summed E-state index contributed by atoms with van der Waals surface area (Å²) in [6.45, 7) is 3.84. The van der Waals surface area contributed by atoms with Gasteiger partial charge in [0, 0.05) is 29.8 Å². The second-order valence-corrected chi connectivity index (χ2v) is 7.55. The lowest BCUT2D eigenvalue weighted by atomic mass is 10.1. The molecule has 0 radical (unpaired) electrons. The van der Waals surface area contributed by atoms with Gasteiger partial charge < -0.3 is 31.2 Å². The molecule has 2 aromatic rings. The molecule has 0 bridgehead atoms. The van der Waals surface area contributed by atoms with Crippen molar-refractivity contribution < 1.29 is 23.9 Å². The van der Waals surface area contributed by atoms with E-state index in [-0.39, 0.29) is 43.8 Å². The van der Waals surface area contributed by atoms with E-state index in [0.717, 1.165) is 11.1 Å². The SMILES string of the molecule is CCOC(C(=O)NCc1ccc(C(=N)N)cc1OCC(N)=O)N1Cc2c(C)cccc2C1=O. The van der Waals surface area contributed by atoms with Gasteiger partial charge in [-0.2, -0.15) is 0 Å². The summed E-state index contributed by atoms with van der Waals surface area (Å²) in [5.41, 5.74) is 14.0. The molecule has 10 nitrogen and oxygen atoms in total. The first-order chi connectivity index (χ1) is 15.7. The number of fused-ring (bicyclic) bond motifs is 1. The van der Waals surface area contributed by atoms with Gasteiger partial charge in [-0.3, -0.25) is 19.8 Å². The molecule has 0 fully saturated rings. The number of nitrogens with one attached hydrogen (secondary N) is 2. The molecule has 0 saturated carbocycles. The summed E-state index contributed by atoms with van der Waals surface area (Å²) in [6, 6.07) is 10.2. The topological polar surface area (TPSA) is 161 Å². The molecule has 1 heterocycles. The number of nitrogens with zero attached hydrogens (tertiary/aromatic N) is 1. The van der Waals surface area contributed by atoms with Crippen molar-refractivity contribution in [3.63, 3.8) is 0 Å². The Hall–Kier alpha value is -3.92. The zero-order valence-corrected chi connectivity index (χ0v) is 18.5. The highest BCUT2D eigenvalue weighted by molar-refractivity contribution is 6.01. The van der Waals surface area contributed by atoms with Crippen molar-refractivity contribution in [2.75, 3.05) is 13.2 Å². The van der Waals surface area contributed by atoms with E-state index in [4.69, 9.17) is 26.4 Å². The van der Waals surface area contributed by atoms with Crippen LogP contribution in [0.2, 0.25) is 0 Å². The first kappa shape index (κ1) is 23.7. The summed E-state index contributed by atoms with van der Waals surface area (Å²) in [6.07, 6.45) is -1.11. The monoisotopic (exact) mass is 453 g/mol. The Balaban J connectivity index is 1.77. The van der Waals surface area contributed by atoms with Crippen LogP contribution in [-0.4, -0.2) is 47.9 Å². The molecule has 1 unspecified atom stereocenters. The molecule has 0 aromatic heterocycles. The predicted molar refractivity (Wildman–Crippen MR) is 120 cm³/mol. The van der Waals surface area contributed by atoms with Crippen molar-refractivity contribution in [3.8, 4) is 5.75 Å². The highest BCUT2D eigenvalue weighted by Gasteiger charge is 2.37. The number of ether oxygens (including phenoxy) is 2. The van der Waals surface area contributed by atoms with Gasteiger partial charge in [-0.25, -0.2) is 0 Å².